The molecule has 0 atom stereocenters. The zero-order valence-electron chi connectivity index (χ0n) is 15.9. The summed E-state index contributed by atoms with van der Waals surface area (Å²) in [5.41, 5.74) is 2.25. The van der Waals surface area contributed by atoms with Crippen LogP contribution in [0.3, 0.4) is 0 Å². The molecular formula is C23H18N2O3S. The Balaban J connectivity index is 1.87. The van der Waals surface area contributed by atoms with Gasteiger partial charge in [-0.25, -0.2) is 0 Å². The molecule has 0 saturated carbocycles. The van der Waals surface area contributed by atoms with Crippen LogP contribution in [0.2, 0.25) is 0 Å². The van der Waals surface area contributed by atoms with E-state index in [1.165, 1.54) is 4.90 Å². The van der Waals surface area contributed by atoms with Gasteiger partial charge >= 0.3 is 0 Å². The Hall–Kier alpha value is -3.51. The fraction of sp³-hybridized carbons (Fsp3) is 0.0870. The predicted molar refractivity (Wildman–Crippen MR) is 118 cm³/mol. The maximum atomic E-state index is 13.3. The molecule has 0 aliphatic carbocycles. The Morgan fingerprint density at radius 3 is 2.59 bits per heavy atom. The minimum atomic E-state index is -0.529. The number of aryl methyl sites for hydroxylation is 1. The highest BCUT2D eigenvalue weighted by molar-refractivity contribution is 7.80. The molecule has 6 heteroatoms. The molecule has 1 saturated heterocycles. The molecule has 1 N–H and O–H groups in total. The number of hydrogen-bond acceptors (Lipinski definition) is 4. The number of ether oxygens (including phenoxy) is 1. The Morgan fingerprint density at radius 1 is 1.03 bits per heavy atom. The molecule has 3 aromatic carbocycles. The summed E-state index contributed by atoms with van der Waals surface area (Å²) in [6.07, 6.45) is 1.57. The van der Waals surface area contributed by atoms with E-state index in [1.54, 1.807) is 19.3 Å². The molecule has 0 radical (unpaired) electrons. The maximum absolute atomic E-state index is 13.3. The Bertz CT molecular complexity index is 1200. The summed E-state index contributed by atoms with van der Waals surface area (Å²) in [5, 5.41) is 4.55. The van der Waals surface area contributed by atoms with Gasteiger partial charge in [-0.05, 0) is 59.8 Å². The standard InChI is InChI=1S/C23H18N2O3S/c1-14-6-5-8-16(12-14)25-22(27)19(21(26)24-23(25)29)13-18-17-9-4-3-7-15(17)10-11-20(18)28-2/h3-13H,1-2H3,(H,24,26,29). The molecule has 29 heavy (non-hydrogen) atoms. The van der Waals surface area contributed by atoms with Crippen LogP contribution in [0.4, 0.5) is 5.69 Å². The van der Waals surface area contributed by atoms with Gasteiger partial charge in [0.1, 0.15) is 11.3 Å². The number of fused-ring (bicyclic) bond motifs is 1. The number of nitrogens with zero attached hydrogens (tertiary/aromatic N) is 1. The second kappa shape index (κ2) is 7.48. The fourth-order valence-electron chi connectivity index (χ4n) is 3.41. The van der Waals surface area contributed by atoms with Crippen molar-refractivity contribution in [3.63, 3.8) is 0 Å². The second-order valence-corrected chi connectivity index (χ2v) is 7.09. The minimum Gasteiger partial charge on any atom is -0.496 e. The number of benzene rings is 3. The molecule has 1 aliphatic heterocycles. The van der Waals surface area contributed by atoms with E-state index in [2.05, 4.69) is 5.32 Å². The van der Waals surface area contributed by atoms with E-state index < -0.39 is 11.8 Å². The van der Waals surface area contributed by atoms with Crippen LogP contribution >= 0.6 is 12.2 Å². The van der Waals surface area contributed by atoms with Crippen molar-refractivity contribution in [1.29, 1.82) is 0 Å². The van der Waals surface area contributed by atoms with Crippen LogP contribution < -0.4 is 15.0 Å². The molecular weight excluding hydrogens is 384 g/mol. The highest BCUT2D eigenvalue weighted by Crippen LogP contribution is 2.31. The van der Waals surface area contributed by atoms with Crippen LogP contribution in [0.15, 0.2) is 66.2 Å². The zero-order chi connectivity index (χ0) is 20.5. The molecule has 144 valence electrons. The largest absolute Gasteiger partial charge is 0.496 e. The van der Waals surface area contributed by atoms with Crippen molar-refractivity contribution >= 4 is 51.7 Å². The first kappa shape index (κ1) is 18.8. The van der Waals surface area contributed by atoms with E-state index in [9.17, 15) is 9.59 Å². The number of anilines is 1. The summed E-state index contributed by atoms with van der Waals surface area (Å²) in [4.78, 5) is 27.3. The number of carbonyl (C=O) groups is 2. The van der Waals surface area contributed by atoms with Gasteiger partial charge in [-0.2, -0.15) is 0 Å². The molecule has 1 heterocycles. The monoisotopic (exact) mass is 402 g/mol. The van der Waals surface area contributed by atoms with Crippen LogP contribution in [0, 0.1) is 6.92 Å². The molecule has 0 aromatic heterocycles. The predicted octanol–water partition coefficient (Wildman–Crippen LogP) is 3.99. The van der Waals surface area contributed by atoms with Crippen molar-refractivity contribution in [1.82, 2.24) is 5.32 Å². The first-order chi connectivity index (χ1) is 14.0. The molecule has 4 rings (SSSR count). The van der Waals surface area contributed by atoms with Gasteiger partial charge in [-0.1, -0.05) is 42.5 Å². The molecule has 1 aliphatic rings. The lowest BCUT2D eigenvalue weighted by Gasteiger charge is -2.29. The third-order valence-corrected chi connectivity index (χ3v) is 5.09. The van der Waals surface area contributed by atoms with E-state index in [1.807, 2.05) is 61.5 Å². The third-order valence-electron chi connectivity index (χ3n) is 4.80. The first-order valence-electron chi connectivity index (χ1n) is 9.03. The lowest BCUT2D eigenvalue weighted by molar-refractivity contribution is -0.122. The lowest BCUT2D eigenvalue weighted by atomic mass is 9.99. The van der Waals surface area contributed by atoms with Gasteiger partial charge in [0.2, 0.25) is 0 Å². The van der Waals surface area contributed by atoms with Crippen molar-refractivity contribution in [2.75, 3.05) is 12.0 Å². The topological polar surface area (TPSA) is 58.6 Å². The number of amides is 2. The summed E-state index contributed by atoms with van der Waals surface area (Å²) in [6, 6.07) is 18.9. The molecule has 0 bridgehead atoms. The Kier molecular flexibility index (Phi) is 4.86. The Morgan fingerprint density at radius 2 is 1.83 bits per heavy atom. The van der Waals surface area contributed by atoms with E-state index in [4.69, 9.17) is 17.0 Å². The number of thiocarbonyl (C=S) groups is 1. The van der Waals surface area contributed by atoms with Crippen LogP contribution in [0.1, 0.15) is 11.1 Å². The van der Waals surface area contributed by atoms with Gasteiger partial charge in [0, 0.05) is 5.56 Å². The SMILES string of the molecule is COc1ccc2ccccc2c1C=C1C(=O)NC(=S)N(c2cccc(C)c2)C1=O. The van der Waals surface area contributed by atoms with E-state index >= 15 is 0 Å². The highest BCUT2D eigenvalue weighted by atomic mass is 32.1. The van der Waals surface area contributed by atoms with Crippen molar-refractivity contribution in [2.24, 2.45) is 0 Å². The number of nitrogens with one attached hydrogen (secondary N) is 1. The number of methoxy groups -OCH3 is 1. The molecule has 0 spiro atoms. The second-order valence-electron chi connectivity index (χ2n) is 6.70. The fourth-order valence-corrected chi connectivity index (χ4v) is 3.69. The van der Waals surface area contributed by atoms with Gasteiger partial charge in [0.15, 0.2) is 5.11 Å². The average molecular weight is 402 g/mol. The van der Waals surface area contributed by atoms with Gasteiger partial charge in [-0.3, -0.25) is 19.8 Å². The first-order valence-corrected chi connectivity index (χ1v) is 9.44. The highest BCUT2D eigenvalue weighted by Gasteiger charge is 2.34. The normalized spacial score (nSPS) is 15.7. The van der Waals surface area contributed by atoms with Crippen molar-refractivity contribution in [3.8, 4) is 5.75 Å². The van der Waals surface area contributed by atoms with Crippen molar-refractivity contribution in [3.05, 3.63) is 77.4 Å². The molecule has 5 nitrogen and oxygen atoms in total. The summed E-state index contributed by atoms with van der Waals surface area (Å²) in [7, 11) is 1.56. The Labute approximate surface area is 173 Å². The molecule has 0 unspecified atom stereocenters. The van der Waals surface area contributed by atoms with Gasteiger partial charge in [-0.15, -0.1) is 0 Å². The summed E-state index contributed by atoms with van der Waals surface area (Å²) < 4.78 is 5.49. The summed E-state index contributed by atoms with van der Waals surface area (Å²) >= 11 is 5.27. The van der Waals surface area contributed by atoms with Crippen LogP contribution in [-0.2, 0) is 9.59 Å². The molecule has 1 fully saturated rings. The maximum Gasteiger partial charge on any atom is 0.270 e. The third kappa shape index (κ3) is 3.39. The summed E-state index contributed by atoms with van der Waals surface area (Å²) in [5.74, 6) is -0.426. The average Bonchev–Trinajstić information content (AvgIpc) is 2.71. The van der Waals surface area contributed by atoms with E-state index in [-0.39, 0.29) is 10.7 Å². The number of carbonyl (C=O) groups excluding carboxylic acids is 2. The number of hydrogen-bond donors (Lipinski definition) is 1. The van der Waals surface area contributed by atoms with Crippen molar-refractivity contribution in [2.45, 2.75) is 6.92 Å². The summed E-state index contributed by atoms with van der Waals surface area (Å²) in [6.45, 7) is 1.93. The molecule has 2 amide bonds. The van der Waals surface area contributed by atoms with Gasteiger partial charge in [0.25, 0.3) is 11.8 Å². The lowest BCUT2D eigenvalue weighted by Crippen LogP contribution is -2.54. The van der Waals surface area contributed by atoms with Crippen LogP contribution in [0.5, 0.6) is 5.75 Å². The minimum absolute atomic E-state index is 0.00485. The molecule has 3 aromatic rings. The van der Waals surface area contributed by atoms with Crippen molar-refractivity contribution < 1.29 is 14.3 Å². The van der Waals surface area contributed by atoms with Gasteiger partial charge in [0.05, 0.1) is 12.8 Å². The smallest absolute Gasteiger partial charge is 0.270 e. The number of rotatable bonds is 3. The van der Waals surface area contributed by atoms with E-state index in [0.717, 1.165) is 16.3 Å². The van der Waals surface area contributed by atoms with Gasteiger partial charge < -0.3 is 4.74 Å². The van der Waals surface area contributed by atoms with Crippen LogP contribution in [0.25, 0.3) is 16.8 Å². The zero-order valence-corrected chi connectivity index (χ0v) is 16.7. The van der Waals surface area contributed by atoms with E-state index in [0.29, 0.717) is 17.0 Å². The van der Waals surface area contributed by atoms with Crippen LogP contribution in [-0.4, -0.2) is 24.0 Å². The quantitative estimate of drug-likeness (QED) is 0.409.